The molecule has 0 atom stereocenters. The van der Waals surface area contributed by atoms with Crippen molar-refractivity contribution in [3.05, 3.63) is 0 Å². The predicted octanol–water partition coefficient (Wildman–Crippen LogP) is 0.663. The molecule has 0 unspecified atom stereocenters. The van der Waals surface area contributed by atoms with E-state index < -0.39 is 5.97 Å². The Balaban J connectivity index is 2.50. The first-order chi connectivity index (χ1) is 6.42. The van der Waals surface area contributed by atoms with Gasteiger partial charge in [-0.15, -0.1) is 0 Å². The van der Waals surface area contributed by atoms with Crippen molar-refractivity contribution < 1.29 is 9.90 Å². The summed E-state index contributed by atoms with van der Waals surface area (Å²) >= 11 is 0. The molecule has 0 aromatic heterocycles. The third kappa shape index (κ3) is 2.96. The molecule has 1 heterocycles. The van der Waals surface area contributed by atoms with Gasteiger partial charge in [0.2, 0.25) is 0 Å². The maximum atomic E-state index is 10.7. The third-order valence-electron chi connectivity index (χ3n) is 2.98. The molecule has 1 aliphatic heterocycles. The van der Waals surface area contributed by atoms with Crippen molar-refractivity contribution in [2.24, 2.45) is 5.73 Å². The fourth-order valence-electron chi connectivity index (χ4n) is 1.99. The van der Waals surface area contributed by atoms with Crippen molar-refractivity contribution in [2.45, 2.75) is 44.7 Å². The lowest BCUT2D eigenvalue weighted by Crippen LogP contribution is -2.51. The Morgan fingerprint density at radius 1 is 1.50 bits per heavy atom. The van der Waals surface area contributed by atoms with Gasteiger partial charge in [-0.1, -0.05) is 0 Å². The fourth-order valence-corrected chi connectivity index (χ4v) is 1.99. The van der Waals surface area contributed by atoms with E-state index in [1.54, 1.807) is 0 Å². The zero-order chi connectivity index (χ0) is 10.8. The number of piperidine rings is 1. The van der Waals surface area contributed by atoms with Crippen LogP contribution in [0.1, 0.15) is 33.1 Å². The summed E-state index contributed by atoms with van der Waals surface area (Å²) in [6.45, 7) is 5.80. The summed E-state index contributed by atoms with van der Waals surface area (Å²) in [5, 5.41) is 8.78. The summed E-state index contributed by atoms with van der Waals surface area (Å²) in [6, 6.07) is 0.298. The maximum absolute atomic E-state index is 10.7. The Bertz CT molecular complexity index is 208. The van der Waals surface area contributed by atoms with Gasteiger partial charge in [0, 0.05) is 24.7 Å². The largest absolute Gasteiger partial charge is 0.481 e. The zero-order valence-electron chi connectivity index (χ0n) is 8.99. The molecule has 0 amide bonds. The van der Waals surface area contributed by atoms with E-state index in [1.165, 1.54) is 0 Å². The smallest absolute Gasteiger partial charge is 0.305 e. The molecule has 4 heteroatoms. The van der Waals surface area contributed by atoms with Gasteiger partial charge >= 0.3 is 5.97 Å². The highest BCUT2D eigenvalue weighted by molar-refractivity contribution is 5.68. The number of hydrogen-bond donors (Lipinski definition) is 2. The lowest BCUT2D eigenvalue weighted by atomic mass is 9.94. The molecular weight excluding hydrogens is 180 g/mol. The Morgan fingerprint density at radius 2 is 2.00 bits per heavy atom. The minimum Gasteiger partial charge on any atom is -0.481 e. The predicted molar refractivity (Wildman–Crippen MR) is 55.1 cm³/mol. The van der Waals surface area contributed by atoms with Crippen molar-refractivity contribution in [2.75, 3.05) is 13.1 Å². The van der Waals surface area contributed by atoms with Gasteiger partial charge in [-0.25, -0.2) is 0 Å². The van der Waals surface area contributed by atoms with Crippen LogP contribution in [0.2, 0.25) is 0 Å². The van der Waals surface area contributed by atoms with Gasteiger partial charge in [0.1, 0.15) is 0 Å². The van der Waals surface area contributed by atoms with Gasteiger partial charge in [-0.05, 0) is 26.7 Å². The SMILES string of the molecule is CC(C)(CC(=O)O)N1CCC(N)CC1. The molecule has 1 aliphatic rings. The van der Waals surface area contributed by atoms with E-state index in [2.05, 4.69) is 4.90 Å². The average Bonchev–Trinajstić information content (AvgIpc) is 2.02. The van der Waals surface area contributed by atoms with E-state index in [0.717, 1.165) is 25.9 Å². The van der Waals surface area contributed by atoms with Crippen LogP contribution >= 0.6 is 0 Å². The van der Waals surface area contributed by atoms with Crippen LogP contribution in [0.5, 0.6) is 0 Å². The molecule has 3 N–H and O–H groups in total. The molecule has 0 spiro atoms. The van der Waals surface area contributed by atoms with Gasteiger partial charge in [0.25, 0.3) is 0 Å². The first-order valence-corrected chi connectivity index (χ1v) is 5.14. The van der Waals surface area contributed by atoms with Crippen LogP contribution < -0.4 is 5.73 Å². The fraction of sp³-hybridized carbons (Fsp3) is 0.900. The second kappa shape index (κ2) is 4.28. The highest BCUT2D eigenvalue weighted by Gasteiger charge is 2.31. The summed E-state index contributed by atoms with van der Waals surface area (Å²) in [6.07, 6.45) is 2.15. The van der Waals surface area contributed by atoms with E-state index in [-0.39, 0.29) is 12.0 Å². The Morgan fingerprint density at radius 3 is 2.43 bits per heavy atom. The molecule has 14 heavy (non-hydrogen) atoms. The van der Waals surface area contributed by atoms with E-state index >= 15 is 0 Å². The molecule has 0 radical (unpaired) electrons. The summed E-state index contributed by atoms with van der Waals surface area (Å²) in [5.41, 5.74) is 5.55. The highest BCUT2D eigenvalue weighted by Crippen LogP contribution is 2.23. The summed E-state index contributed by atoms with van der Waals surface area (Å²) in [4.78, 5) is 12.9. The number of carboxylic acid groups (broad SMARTS) is 1. The van der Waals surface area contributed by atoms with Crippen molar-refractivity contribution in [3.8, 4) is 0 Å². The van der Waals surface area contributed by atoms with Crippen molar-refractivity contribution in [1.29, 1.82) is 0 Å². The average molecular weight is 200 g/mol. The van der Waals surface area contributed by atoms with Crippen LogP contribution in [0.3, 0.4) is 0 Å². The molecule has 1 rings (SSSR count). The van der Waals surface area contributed by atoms with E-state index in [4.69, 9.17) is 10.8 Å². The minimum absolute atomic E-state index is 0.197. The number of likely N-dealkylation sites (tertiary alicyclic amines) is 1. The van der Waals surface area contributed by atoms with Gasteiger partial charge in [0.05, 0.1) is 6.42 Å². The second-order valence-electron chi connectivity index (χ2n) is 4.71. The molecule has 0 bridgehead atoms. The number of nitrogens with zero attached hydrogens (tertiary/aromatic N) is 1. The first-order valence-electron chi connectivity index (χ1n) is 5.14. The molecule has 0 aromatic carbocycles. The molecule has 0 aromatic rings. The normalized spacial score (nSPS) is 21.1. The summed E-state index contributed by atoms with van der Waals surface area (Å²) < 4.78 is 0. The topological polar surface area (TPSA) is 66.6 Å². The molecule has 4 nitrogen and oxygen atoms in total. The number of nitrogens with two attached hydrogens (primary N) is 1. The number of rotatable bonds is 3. The molecule has 1 saturated heterocycles. The van der Waals surface area contributed by atoms with E-state index in [1.807, 2.05) is 13.8 Å². The van der Waals surface area contributed by atoms with Crippen LogP contribution in [0.25, 0.3) is 0 Å². The summed E-state index contributed by atoms with van der Waals surface area (Å²) in [7, 11) is 0. The van der Waals surface area contributed by atoms with Gasteiger partial charge in [-0.2, -0.15) is 0 Å². The monoisotopic (exact) mass is 200 g/mol. The number of aliphatic carboxylic acids is 1. The quantitative estimate of drug-likeness (QED) is 0.702. The molecule has 82 valence electrons. The molecular formula is C10H20N2O2. The minimum atomic E-state index is -0.732. The van der Waals surface area contributed by atoms with Crippen LogP contribution in [0.15, 0.2) is 0 Å². The van der Waals surface area contributed by atoms with Gasteiger partial charge < -0.3 is 10.8 Å². The number of hydrogen-bond acceptors (Lipinski definition) is 3. The van der Waals surface area contributed by atoms with Crippen molar-refractivity contribution in [1.82, 2.24) is 4.90 Å². The van der Waals surface area contributed by atoms with Crippen molar-refractivity contribution in [3.63, 3.8) is 0 Å². The zero-order valence-corrected chi connectivity index (χ0v) is 8.99. The lowest BCUT2D eigenvalue weighted by Gasteiger charge is -2.41. The molecule has 0 aliphatic carbocycles. The van der Waals surface area contributed by atoms with Crippen LogP contribution in [-0.4, -0.2) is 40.6 Å². The van der Waals surface area contributed by atoms with Crippen LogP contribution in [0.4, 0.5) is 0 Å². The third-order valence-corrected chi connectivity index (χ3v) is 2.98. The standard InChI is InChI=1S/C10H20N2O2/c1-10(2,7-9(13)14)12-5-3-8(11)4-6-12/h8H,3-7,11H2,1-2H3,(H,13,14). The van der Waals surface area contributed by atoms with E-state index in [0.29, 0.717) is 6.04 Å². The summed E-state index contributed by atoms with van der Waals surface area (Å²) in [5.74, 6) is -0.732. The second-order valence-corrected chi connectivity index (χ2v) is 4.71. The maximum Gasteiger partial charge on any atom is 0.305 e. The lowest BCUT2D eigenvalue weighted by molar-refractivity contribution is -0.140. The Labute approximate surface area is 85.1 Å². The first kappa shape index (κ1) is 11.5. The van der Waals surface area contributed by atoms with Gasteiger partial charge in [-0.3, -0.25) is 9.69 Å². The number of carboxylic acids is 1. The Kier molecular flexibility index (Phi) is 3.50. The number of carbonyl (C=O) groups is 1. The highest BCUT2D eigenvalue weighted by atomic mass is 16.4. The van der Waals surface area contributed by atoms with Crippen molar-refractivity contribution >= 4 is 5.97 Å². The molecule has 0 saturated carbocycles. The Hall–Kier alpha value is -0.610. The van der Waals surface area contributed by atoms with Crippen LogP contribution in [0, 0.1) is 0 Å². The van der Waals surface area contributed by atoms with Gasteiger partial charge in [0.15, 0.2) is 0 Å². The molecule has 1 fully saturated rings. The van der Waals surface area contributed by atoms with E-state index in [9.17, 15) is 4.79 Å². The van der Waals surface area contributed by atoms with Crippen LogP contribution in [-0.2, 0) is 4.79 Å².